The van der Waals surface area contributed by atoms with Gasteiger partial charge in [0.2, 0.25) is 0 Å². The molecule has 3 nitrogen and oxygen atoms in total. The number of nitrogens with one attached hydrogen (secondary N) is 1. The Labute approximate surface area is 133 Å². The SMILES string of the molecule is C/C(=N\NC(=O)c1cccc(C)c1)c1ccc(Cl)c(Cl)c1. The maximum atomic E-state index is 12.0. The van der Waals surface area contributed by atoms with Gasteiger partial charge in [-0.05, 0) is 43.7 Å². The molecular weight excluding hydrogens is 307 g/mol. The Balaban J connectivity index is 2.13. The van der Waals surface area contributed by atoms with Crippen LogP contribution in [0.5, 0.6) is 0 Å². The summed E-state index contributed by atoms with van der Waals surface area (Å²) in [5, 5.41) is 5.02. The van der Waals surface area contributed by atoms with E-state index in [-0.39, 0.29) is 5.91 Å². The van der Waals surface area contributed by atoms with Gasteiger partial charge in [-0.3, -0.25) is 4.79 Å². The minimum absolute atomic E-state index is 0.252. The molecule has 0 atom stereocenters. The molecule has 108 valence electrons. The number of hydrogen-bond donors (Lipinski definition) is 1. The van der Waals surface area contributed by atoms with Crippen LogP contribution in [0.1, 0.15) is 28.4 Å². The van der Waals surface area contributed by atoms with Crippen molar-refractivity contribution < 1.29 is 4.79 Å². The largest absolute Gasteiger partial charge is 0.271 e. The van der Waals surface area contributed by atoms with Crippen LogP contribution in [0.4, 0.5) is 0 Å². The number of aryl methyl sites for hydroxylation is 1. The maximum absolute atomic E-state index is 12.0. The zero-order valence-corrected chi connectivity index (χ0v) is 13.2. The van der Waals surface area contributed by atoms with Crippen molar-refractivity contribution in [2.75, 3.05) is 0 Å². The van der Waals surface area contributed by atoms with Crippen molar-refractivity contribution in [3.8, 4) is 0 Å². The predicted molar refractivity (Wildman–Crippen MR) is 87.3 cm³/mol. The van der Waals surface area contributed by atoms with Crippen LogP contribution in [0.3, 0.4) is 0 Å². The van der Waals surface area contributed by atoms with Crippen LogP contribution in [0.25, 0.3) is 0 Å². The lowest BCUT2D eigenvalue weighted by atomic mass is 10.1. The van der Waals surface area contributed by atoms with E-state index in [1.807, 2.05) is 19.1 Å². The number of carbonyl (C=O) groups excluding carboxylic acids is 1. The van der Waals surface area contributed by atoms with Crippen LogP contribution in [-0.2, 0) is 0 Å². The maximum Gasteiger partial charge on any atom is 0.271 e. The highest BCUT2D eigenvalue weighted by Gasteiger charge is 2.06. The van der Waals surface area contributed by atoms with Crippen LogP contribution in [0.2, 0.25) is 10.0 Å². The standard InChI is InChI=1S/C16H14Cl2N2O/c1-10-4-3-5-13(8-10)16(21)20-19-11(2)12-6-7-14(17)15(18)9-12/h3-9H,1-2H3,(H,20,21)/b19-11+. The number of hydrazone groups is 1. The zero-order valence-electron chi connectivity index (χ0n) is 11.7. The molecule has 1 N–H and O–H groups in total. The first-order valence-corrected chi connectivity index (χ1v) is 7.09. The van der Waals surface area contributed by atoms with E-state index in [1.165, 1.54) is 0 Å². The highest BCUT2D eigenvalue weighted by atomic mass is 35.5. The van der Waals surface area contributed by atoms with Gasteiger partial charge in [-0.1, -0.05) is 47.0 Å². The summed E-state index contributed by atoms with van der Waals surface area (Å²) in [5.74, 6) is -0.252. The third kappa shape index (κ3) is 4.06. The molecule has 0 aliphatic carbocycles. The first-order valence-electron chi connectivity index (χ1n) is 6.34. The molecule has 5 heteroatoms. The quantitative estimate of drug-likeness (QED) is 0.658. The fourth-order valence-electron chi connectivity index (χ4n) is 1.77. The summed E-state index contributed by atoms with van der Waals surface area (Å²) in [7, 11) is 0. The molecule has 0 saturated heterocycles. The second kappa shape index (κ2) is 6.74. The van der Waals surface area contributed by atoms with E-state index < -0.39 is 0 Å². The lowest BCUT2D eigenvalue weighted by Crippen LogP contribution is -2.19. The lowest BCUT2D eigenvalue weighted by molar-refractivity contribution is 0.0954. The van der Waals surface area contributed by atoms with Crippen LogP contribution < -0.4 is 5.43 Å². The predicted octanol–water partition coefficient (Wildman–Crippen LogP) is 4.46. The number of halogens is 2. The Kier molecular flexibility index (Phi) is 4.99. The molecule has 0 aromatic heterocycles. The first-order chi connectivity index (χ1) is 9.97. The topological polar surface area (TPSA) is 41.5 Å². The Hall–Kier alpha value is -1.84. The number of nitrogens with zero attached hydrogens (tertiary/aromatic N) is 1. The summed E-state index contributed by atoms with van der Waals surface area (Å²) >= 11 is 11.8. The molecular formula is C16H14Cl2N2O. The van der Waals surface area contributed by atoms with Crippen LogP contribution in [0.15, 0.2) is 47.6 Å². The molecule has 0 saturated carbocycles. The van der Waals surface area contributed by atoms with E-state index in [4.69, 9.17) is 23.2 Å². The average Bonchev–Trinajstić information content (AvgIpc) is 2.47. The van der Waals surface area contributed by atoms with E-state index >= 15 is 0 Å². The average molecular weight is 321 g/mol. The summed E-state index contributed by atoms with van der Waals surface area (Å²) in [4.78, 5) is 12.0. The van der Waals surface area contributed by atoms with Gasteiger partial charge < -0.3 is 0 Å². The summed E-state index contributed by atoms with van der Waals surface area (Å²) in [5.41, 5.74) is 5.57. The van der Waals surface area contributed by atoms with Gasteiger partial charge in [0.25, 0.3) is 5.91 Å². The van der Waals surface area contributed by atoms with Crippen molar-refractivity contribution >= 4 is 34.8 Å². The van der Waals surface area contributed by atoms with Crippen molar-refractivity contribution in [1.82, 2.24) is 5.43 Å². The van der Waals surface area contributed by atoms with Gasteiger partial charge in [0, 0.05) is 5.56 Å². The Morgan fingerprint density at radius 2 is 1.81 bits per heavy atom. The number of rotatable bonds is 3. The molecule has 0 unspecified atom stereocenters. The number of carbonyl (C=O) groups is 1. The van der Waals surface area contributed by atoms with E-state index in [1.54, 1.807) is 37.3 Å². The summed E-state index contributed by atoms with van der Waals surface area (Å²) in [6.45, 7) is 3.72. The number of amides is 1. The molecule has 1 amide bonds. The van der Waals surface area contributed by atoms with Gasteiger partial charge >= 0.3 is 0 Å². The number of hydrogen-bond acceptors (Lipinski definition) is 2. The first kappa shape index (κ1) is 15.5. The molecule has 0 fully saturated rings. The van der Waals surface area contributed by atoms with Gasteiger partial charge in [0.05, 0.1) is 15.8 Å². The van der Waals surface area contributed by atoms with Gasteiger partial charge in [-0.15, -0.1) is 0 Å². The normalized spacial score (nSPS) is 11.3. The second-order valence-electron chi connectivity index (χ2n) is 4.64. The molecule has 2 aromatic carbocycles. The molecule has 2 aromatic rings. The van der Waals surface area contributed by atoms with Crippen molar-refractivity contribution in [2.45, 2.75) is 13.8 Å². The fraction of sp³-hybridized carbons (Fsp3) is 0.125. The van der Waals surface area contributed by atoms with Crippen molar-refractivity contribution in [3.05, 3.63) is 69.2 Å². The van der Waals surface area contributed by atoms with Gasteiger partial charge in [0.1, 0.15) is 0 Å². The van der Waals surface area contributed by atoms with Crippen molar-refractivity contribution in [3.63, 3.8) is 0 Å². The molecule has 0 aliphatic rings. The molecule has 0 radical (unpaired) electrons. The molecule has 0 aliphatic heterocycles. The second-order valence-corrected chi connectivity index (χ2v) is 5.45. The van der Waals surface area contributed by atoms with E-state index in [0.717, 1.165) is 11.1 Å². The smallest absolute Gasteiger partial charge is 0.267 e. The molecule has 2 rings (SSSR count). The lowest BCUT2D eigenvalue weighted by Gasteiger charge is -2.05. The van der Waals surface area contributed by atoms with Gasteiger partial charge in [-0.2, -0.15) is 5.10 Å². The molecule has 21 heavy (non-hydrogen) atoms. The molecule has 0 bridgehead atoms. The monoisotopic (exact) mass is 320 g/mol. The third-order valence-corrected chi connectivity index (χ3v) is 3.68. The number of benzene rings is 2. The minimum atomic E-state index is -0.252. The Bertz CT molecular complexity index is 711. The van der Waals surface area contributed by atoms with Gasteiger partial charge in [0.15, 0.2) is 0 Å². The summed E-state index contributed by atoms with van der Waals surface area (Å²) < 4.78 is 0. The van der Waals surface area contributed by atoms with Crippen molar-refractivity contribution in [2.24, 2.45) is 5.10 Å². The van der Waals surface area contributed by atoms with Crippen LogP contribution >= 0.6 is 23.2 Å². The van der Waals surface area contributed by atoms with Gasteiger partial charge in [-0.25, -0.2) is 5.43 Å². The third-order valence-electron chi connectivity index (χ3n) is 2.94. The Morgan fingerprint density at radius 3 is 2.48 bits per heavy atom. The summed E-state index contributed by atoms with van der Waals surface area (Å²) in [6.07, 6.45) is 0. The zero-order chi connectivity index (χ0) is 15.4. The van der Waals surface area contributed by atoms with Crippen LogP contribution in [0, 0.1) is 6.92 Å². The Morgan fingerprint density at radius 1 is 1.05 bits per heavy atom. The van der Waals surface area contributed by atoms with E-state index in [0.29, 0.717) is 21.3 Å². The fourth-order valence-corrected chi connectivity index (χ4v) is 2.07. The minimum Gasteiger partial charge on any atom is -0.267 e. The van der Waals surface area contributed by atoms with Crippen LogP contribution in [-0.4, -0.2) is 11.6 Å². The highest BCUT2D eigenvalue weighted by molar-refractivity contribution is 6.42. The highest BCUT2D eigenvalue weighted by Crippen LogP contribution is 2.22. The molecule has 0 spiro atoms. The van der Waals surface area contributed by atoms with Crippen molar-refractivity contribution in [1.29, 1.82) is 0 Å². The summed E-state index contributed by atoms with van der Waals surface area (Å²) in [6, 6.07) is 12.5. The van der Waals surface area contributed by atoms with E-state index in [9.17, 15) is 4.79 Å². The van der Waals surface area contributed by atoms with E-state index in [2.05, 4.69) is 10.5 Å². The molecule has 0 heterocycles.